The molecule has 4 N–H and O–H groups in total. The van der Waals surface area contributed by atoms with Crippen molar-refractivity contribution in [1.82, 2.24) is 0 Å². The van der Waals surface area contributed by atoms with E-state index in [0.29, 0.717) is 28.9 Å². The maximum absolute atomic E-state index is 12.9. The molecule has 4 rings (SSSR count). The summed E-state index contributed by atoms with van der Waals surface area (Å²) < 4.78 is 10.7. The Balaban J connectivity index is 1.87. The SMILES string of the molecule is CCOC(=O)C1=C(C(=O)OCC)C2CC1C(c1ccc(N)cc1)C2c1ccc(N)cc1. The summed E-state index contributed by atoms with van der Waals surface area (Å²) in [6, 6.07) is 15.6. The first-order chi connectivity index (χ1) is 15.0. The summed E-state index contributed by atoms with van der Waals surface area (Å²) in [4.78, 5) is 25.9. The van der Waals surface area contributed by atoms with Gasteiger partial charge in [-0.2, -0.15) is 0 Å². The Morgan fingerprint density at radius 3 is 1.42 bits per heavy atom. The number of benzene rings is 2. The smallest absolute Gasteiger partial charge is 0.334 e. The lowest BCUT2D eigenvalue weighted by atomic mass is 9.70. The van der Waals surface area contributed by atoms with Crippen molar-refractivity contribution in [2.45, 2.75) is 32.1 Å². The number of nitrogen functional groups attached to an aromatic ring is 2. The lowest BCUT2D eigenvalue weighted by Gasteiger charge is -2.34. The lowest BCUT2D eigenvalue weighted by Crippen LogP contribution is -2.29. The predicted octanol–water partition coefficient (Wildman–Crippen LogP) is 3.79. The standard InChI is InChI=1S/C25H28N2O4/c1-3-30-24(28)22-18-13-19(23(22)25(29)31-4-2)21(15-7-11-17(27)12-8-15)20(18)14-5-9-16(26)10-6-14/h5-12,18-21H,3-4,13,26-27H2,1-2H3. The van der Waals surface area contributed by atoms with Crippen molar-refractivity contribution < 1.29 is 19.1 Å². The van der Waals surface area contributed by atoms with E-state index in [1.165, 1.54) is 0 Å². The molecular weight excluding hydrogens is 392 g/mol. The second-order valence-electron chi connectivity index (χ2n) is 8.10. The number of hydrogen-bond donors (Lipinski definition) is 2. The molecule has 4 unspecified atom stereocenters. The van der Waals surface area contributed by atoms with Gasteiger partial charge in [-0.3, -0.25) is 0 Å². The monoisotopic (exact) mass is 420 g/mol. The van der Waals surface area contributed by atoms with Crippen molar-refractivity contribution in [2.75, 3.05) is 24.7 Å². The number of carbonyl (C=O) groups excluding carboxylic acids is 2. The van der Waals surface area contributed by atoms with Gasteiger partial charge < -0.3 is 20.9 Å². The van der Waals surface area contributed by atoms with E-state index in [4.69, 9.17) is 20.9 Å². The van der Waals surface area contributed by atoms with Crippen LogP contribution in [0.4, 0.5) is 11.4 Å². The van der Waals surface area contributed by atoms with Crippen LogP contribution >= 0.6 is 0 Å². The molecule has 0 spiro atoms. The molecule has 2 aromatic rings. The molecule has 0 aliphatic heterocycles. The summed E-state index contributed by atoms with van der Waals surface area (Å²) in [5.74, 6) is -1.06. The number of esters is 2. The lowest BCUT2D eigenvalue weighted by molar-refractivity contribution is -0.142. The average molecular weight is 421 g/mol. The van der Waals surface area contributed by atoms with Crippen molar-refractivity contribution in [1.29, 1.82) is 0 Å². The first-order valence-electron chi connectivity index (χ1n) is 10.7. The summed E-state index contributed by atoms with van der Waals surface area (Å²) in [6.45, 7) is 4.04. The van der Waals surface area contributed by atoms with E-state index in [1.807, 2.05) is 48.5 Å². The van der Waals surface area contributed by atoms with Crippen molar-refractivity contribution in [3.05, 3.63) is 70.8 Å². The molecule has 2 aromatic carbocycles. The fourth-order valence-electron chi connectivity index (χ4n) is 5.32. The maximum Gasteiger partial charge on any atom is 0.334 e. The van der Waals surface area contributed by atoms with Crippen LogP contribution in [0.2, 0.25) is 0 Å². The molecule has 6 heteroatoms. The van der Waals surface area contributed by atoms with Crippen molar-refractivity contribution >= 4 is 23.3 Å². The van der Waals surface area contributed by atoms with Gasteiger partial charge in [-0.1, -0.05) is 24.3 Å². The highest BCUT2D eigenvalue weighted by molar-refractivity contribution is 6.03. The van der Waals surface area contributed by atoms with Gasteiger partial charge in [0, 0.05) is 11.4 Å². The summed E-state index contributed by atoms with van der Waals surface area (Å²) >= 11 is 0. The second kappa shape index (κ2) is 8.46. The molecule has 1 saturated carbocycles. The molecule has 0 amide bonds. The number of carbonyl (C=O) groups is 2. The third kappa shape index (κ3) is 3.67. The van der Waals surface area contributed by atoms with Crippen LogP contribution in [0.1, 0.15) is 43.2 Å². The first kappa shape index (κ1) is 21.0. The molecule has 0 heterocycles. The Bertz CT molecular complexity index is 929. The van der Waals surface area contributed by atoms with Gasteiger partial charge in [-0.05, 0) is 79.3 Å². The normalized spacial score (nSPS) is 24.3. The fraction of sp³-hybridized carbons (Fsp3) is 0.360. The minimum absolute atomic E-state index is 0.0202. The van der Waals surface area contributed by atoms with E-state index in [1.54, 1.807) is 13.8 Å². The number of rotatable bonds is 6. The van der Waals surface area contributed by atoms with Crippen LogP contribution in [0.3, 0.4) is 0 Å². The zero-order valence-electron chi connectivity index (χ0n) is 17.8. The molecule has 1 fully saturated rings. The highest BCUT2D eigenvalue weighted by Gasteiger charge is 2.57. The van der Waals surface area contributed by atoms with Gasteiger partial charge in [-0.15, -0.1) is 0 Å². The van der Waals surface area contributed by atoms with Crippen LogP contribution in [0.15, 0.2) is 59.7 Å². The van der Waals surface area contributed by atoms with E-state index < -0.39 is 11.9 Å². The molecular formula is C25H28N2O4. The number of hydrogen-bond acceptors (Lipinski definition) is 6. The van der Waals surface area contributed by atoms with Crippen LogP contribution in [0, 0.1) is 11.8 Å². The van der Waals surface area contributed by atoms with Gasteiger partial charge in [0.15, 0.2) is 0 Å². The van der Waals surface area contributed by atoms with Crippen LogP contribution in [-0.2, 0) is 19.1 Å². The molecule has 6 nitrogen and oxygen atoms in total. The molecule has 0 saturated heterocycles. The average Bonchev–Trinajstić information content (AvgIpc) is 3.32. The Morgan fingerprint density at radius 2 is 1.10 bits per heavy atom. The summed E-state index contributed by atoms with van der Waals surface area (Å²) in [5, 5.41) is 0. The van der Waals surface area contributed by atoms with Crippen molar-refractivity contribution in [2.24, 2.45) is 11.8 Å². The number of ether oxygens (including phenoxy) is 2. The van der Waals surface area contributed by atoms with Crippen LogP contribution in [0.5, 0.6) is 0 Å². The van der Waals surface area contributed by atoms with Crippen LogP contribution < -0.4 is 11.5 Å². The quantitative estimate of drug-likeness (QED) is 0.544. The third-order valence-corrected chi connectivity index (χ3v) is 6.43. The van der Waals surface area contributed by atoms with E-state index in [-0.39, 0.29) is 36.9 Å². The molecule has 4 atom stereocenters. The topological polar surface area (TPSA) is 105 Å². The Kier molecular flexibility index (Phi) is 5.72. The van der Waals surface area contributed by atoms with Crippen molar-refractivity contribution in [3.8, 4) is 0 Å². The predicted molar refractivity (Wildman–Crippen MR) is 119 cm³/mol. The molecule has 162 valence electrons. The first-order valence-corrected chi connectivity index (χ1v) is 10.7. The third-order valence-electron chi connectivity index (χ3n) is 6.43. The second-order valence-corrected chi connectivity index (χ2v) is 8.10. The zero-order valence-corrected chi connectivity index (χ0v) is 17.8. The van der Waals surface area contributed by atoms with Crippen LogP contribution in [-0.4, -0.2) is 25.2 Å². The molecule has 31 heavy (non-hydrogen) atoms. The van der Waals surface area contributed by atoms with E-state index >= 15 is 0 Å². The highest BCUT2D eigenvalue weighted by atomic mass is 16.5. The summed E-state index contributed by atoms with van der Waals surface area (Å²) in [7, 11) is 0. The molecule has 2 bridgehead atoms. The zero-order chi connectivity index (χ0) is 22.1. The largest absolute Gasteiger partial charge is 0.463 e. The summed E-state index contributed by atoms with van der Waals surface area (Å²) in [6.07, 6.45) is 0.701. The Labute approximate surface area is 182 Å². The van der Waals surface area contributed by atoms with Crippen LogP contribution in [0.25, 0.3) is 0 Å². The van der Waals surface area contributed by atoms with Gasteiger partial charge >= 0.3 is 11.9 Å². The van der Waals surface area contributed by atoms with Crippen molar-refractivity contribution in [3.63, 3.8) is 0 Å². The van der Waals surface area contributed by atoms with Gasteiger partial charge in [0.05, 0.1) is 24.4 Å². The molecule has 2 aliphatic rings. The highest BCUT2D eigenvalue weighted by Crippen LogP contribution is 2.63. The minimum atomic E-state index is -0.422. The Hall–Kier alpha value is -3.28. The maximum atomic E-state index is 12.9. The summed E-state index contributed by atoms with van der Waals surface area (Å²) in [5.41, 5.74) is 16.3. The fourth-order valence-corrected chi connectivity index (χ4v) is 5.32. The van der Waals surface area contributed by atoms with E-state index in [0.717, 1.165) is 11.1 Å². The number of nitrogens with two attached hydrogens (primary N) is 2. The minimum Gasteiger partial charge on any atom is -0.463 e. The van der Waals surface area contributed by atoms with Gasteiger partial charge in [0.2, 0.25) is 0 Å². The Morgan fingerprint density at radius 1 is 0.742 bits per heavy atom. The van der Waals surface area contributed by atoms with E-state index in [9.17, 15) is 9.59 Å². The molecule has 0 aromatic heterocycles. The molecule has 0 radical (unpaired) electrons. The molecule has 2 aliphatic carbocycles. The van der Waals surface area contributed by atoms with Gasteiger partial charge in [0.1, 0.15) is 0 Å². The van der Waals surface area contributed by atoms with Gasteiger partial charge in [0.25, 0.3) is 0 Å². The number of anilines is 2. The number of fused-ring (bicyclic) bond motifs is 2. The van der Waals surface area contributed by atoms with E-state index in [2.05, 4.69) is 0 Å². The van der Waals surface area contributed by atoms with Gasteiger partial charge in [-0.25, -0.2) is 9.59 Å².